The lowest BCUT2D eigenvalue weighted by Gasteiger charge is -2.23. The molecule has 0 aliphatic rings. The number of anilines is 1. The second-order valence-corrected chi connectivity index (χ2v) is 5.27. The fourth-order valence-corrected chi connectivity index (χ4v) is 1.69. The Labute approximate surface area is 119 Å². The standard InChI is InChI=1S/C12H15ClF3N3O/c1-11(2,10(20)17-3)6-18-9-5-7(12(14,15)16)4-8(13)19-9/h4-5H,6H2,1-3H3,(H,17,20)(H,18,19). The summed E-state index contributed by atoms with van der Waals surface area (Å²) in [5, 5.41) is 4.92. The van der Waals surface area contributed by atoms with Crippen LogP contribution in [0, 0.1) is 5.41 Å². The van der Waals surface area contributed by atoms with Crippen LogP contribution in [0.25, 0.3) is 0 Å². The summed E-state index contributed by atoms with van der Waals surface area (Å²) in [7, 11) is 1.49. The Balaban J connectivity index is 2.89. The van der Waals surface area contributed by atoms with E-state index in [1.807, 2.05) is 0 Å². The predicted octanol–water partition coefficient (Wildman–Crippen LogP) is 2.94. The third kappa shape index (κ3) is 4.26. The molecule has 0 spiro atoms. The molecule has 0 aliphatic heterocycles. The molecule has 2 N–H and O–H groups in total. The first-order valence-corrected chi connectivity index (χ1v) is 6.15. The topological polar surface area (TPSA) is 54.0 Å². The van der Waals surface area contributed by atoms with Crippen molar-refractivity contribution >= 4 is 23.3 Å². The first kappa shape index (κ1) is 16.6. The third-order valence-corrected chi connectivity index (χ3v) is 2.87. The number of amides is 1. The van der Waals surface area contributed by atoms with Gasteiger partial charge in [-0.3, -0.25) is 4.79 Å². The lowest BCUT2D eigenvalue weighted by molar-refractivity contribution is -0.137. The number of carbonyl (C=O) groups excluding carboxylic acids is 1. The smallest absolute Gasteiger partial charge is 0.369 e. The second kappa shape index (κ2) is 5.87. The van der Waals surface area contributed by atoms with E-state index >= 15 is 0 Å². The van der Waals surface area contributed by atoms with Crippen molar-refractivity contribution in [1.29, 1.82) is 0 Å². The summed E-state index contributed by atoms with van der Waals surface area (Å²) < 4.78 is 37.9. The van der Waals surface area contributed by atoms with E-state index in [4.69, 9.17) is 11.6 Å². The Hall–Kier alpha value is -1.50. The van der Waals surface area contributed by atoms with E-state index in [1.165, 1.54) is 7.05 Å². The third-order valence-electron chi connectivity index (χ3n) is 2.67. The molecular formula is C12H15ClF3N3O. The molecule has 0 saturated heterocycles. The first-order chi connectivity index (χ1) is 9.06. The maximum Gasteiger partial charge on any atom is 0.416 e. The van der Waals surface area contributed by atoms with Crippen molar-refractivity contribution in [2.75, 3.05) is 18.9 Å². The highest BCUT2D eigenvalue weighted by Crippen LogP contribution is 2.32. The Bertz CT molecular complexity index is 503. The van der Waals surface area contributed by atoms with E-state index in [0.29, 0.717) is 0 Å². The first-order valence-electron chi connectivity index (χ1n) is 5.77. The molecule has 8 heteroatoms. The summed E-state index contributed by atoms with van der Waals surface area (Å²) in [6.45, 7) is 3.44. The Morgan fingerprint density at radius 1 is 1.35 bits per heavy atom. The van der Waals surface area contributed by atoms with Crippen LogP contribution in [0.1, 0.15) is 19.4 Å². The molecule has 0 atom stereocenters. The fourth-order valence-electron chi connectivity index (χ4n) is 1.48. The number of alkyl halides is 3. The molecule has 112 valence electrons. The molecule has 4 nitrogen and oxygen atoms in total. The molecule has 1 rings (SSSR count). The van der Waals surface area contributed by atoms with E-state index < -0.39 is 17.2 Å². The van der Waals surface area contributed by atoms with Crippen molar-refractivity contribution in [1.82, 2.24) is 10.3 Å². The highest BCUT2D eigenvalue weighted by molar-refractivity contribution is 6.29. The van der Waals surface area contributed by atoms with Crippen molar-refractivity contribution < 1.29 is 18.0 Å². The average Bonchev–Trinajstić information content (AvgIpc) is 2.33. The van der Waals surface area contributed by atoms with Crippen LogP contribution < -0.4 is 10.6 Å². The number of hydrogen-bond donors (Lipinski definition) is 2. The quantitative estimate of drug-likeness (QED) is 0.841. The van der Waals surface area contributed by atoms with E-state index in [0.717, 1.165) is 12.1 Å². The zero-order valence-corrected chi connectivity index (χ0v) is 12.0. The molecule has 1 aromatic rings. The molecular weight excluding hydrogens is 295 g/mol. The van der Waals surface area contributed by atoms with Crippen molar-refractivity contribution in [3.63, 3.8) is 0 Å². The number of rotatable bonds is 4. The van der Waals surface area contributed by atoms with Gasteiger partial charge in [-0.2, -0.15) is 13.2 Å². The van der Waals surface area contributed by atoms with Gasteiger partial charge in [0.1, 0.15) is 11.0 Å². The molecule has 0 bridgehead atoms. The van der Waals surface area contributed by atoms with Gasteiger partial charge in [0.2, 0.25) is 5.91 Å². The van der Waals surface area contributed by atoms with Crippen LogP contribution in [0.3, 0.4) is 0 Å². The van der Waals surface area contributed by atoms with Gasteiger partial charge in [-0.05, 0) is 26.0 Å². The van der Waals surface area contributed by atoms with Gasteiger partial charge in [0, 0.05) is 13.6 Å². The highest BCUT2D eigenvalue weighted by atomic mass is 35.5. The van der Waals surface area contributed by atoms with E-state index in [-0.39, 0.29) is 23.4 Å². The summed E-state index contributed by atoms with van der Waals surface area (Å²) in [6, 6.07) is 1.60. The summed E-state index contributed by atoms with van der Waals surface area (Å²) in [5.41, 5.74) is -1.69. The van der Waals surface area contributed by atoms with Gasteiger partial charge in [-0.15, -0.1) is 0 Å². The van der Waals surface area contributed by atoms with Crippen LogP contribution in [0.15, 0.2) is 12.1 Å². The predicted molar refractivity (Wildman–Crippen MR) is 70.6 cm³/mol. The number of halogens is 4. The summed E-state index contributed by atoms with van der Waals surface area (Å²) in [5.74, 6) is -0.259. The summed E-state index contributed by atoms with van der Waals surface area (Å²) in [6.07, 6.45) is -4.50. The molecule has 1 amide bonds. The average molecular weight is 310 g/mol. The lowest BCUT2D eigenvalue weighted by Crippen LogP contribution is -2.39. The molecule has 0 saturated carbocycles. The largest absolute Gasteiger partial charge is 0.416 e. The molecule has 0 radical (unpaired) electrons. The summed E-state index contributed by atoms with van der Waals surface area (Å²) in [4.78, 5) is 15.3. The van der Waals surface area contributed by atoms with Crippen molar-refractivity contribution in [2.24, 2.45) is 5.41 Å². The maximum atomic E-state index is 12.6. The minimum atomic E-state index is -4.50. The Kier molecular flexibility index (Phi) is 4.86. The van der Waals surface area contributed by atoms with E-state index in [1.54, 1.807) is 13.8 Å². The number of hydrogen-bond acceptors (Lipinski definition) is 3. The number of pyridine rings is 1. The highest BCUT2D eigenvalue weighted by Gasteiger charge is 2.32. The van der Waals surface area contributed by atoms with Gasteiger partial charge < -0.3 is 10.6 Å². The fraction of sp³-hybridized carbons (Fsp3) is 0.500. The molecule has 20 heavy (non-hydrogen) atoms. The van der Waals surface area contributed by atoms with Crippen LogP contribution >= 0.6 is 11.6 Å². The van der Waals surface area contributed by atoms with Crippen molar-refractivity contribution in [2.45, 2.75) is 20.0 Å². The number of nitrogens with zero attached hydrogens (tertiary/aromatic N) is 1. The van der Waals surface area contributed by atoms with Gasteiger partial charge in [-0.25, -0.2) is 4.98 Å². The molecule has 0 unspecified atom stereocenters. The number of nitrogens with one attached hydrogen (secondary N) is 2. The van der Waals surface area contributed by atoms with Crippen LogP contribution in [-0.4, -0.2) is 24.5 Å². The van der Waals surface area contributed by atoms with Gasteiger partial charge in [-0.1, -0.05) is 11.6 Å². The minimum absolute atomic E-state index is 0.0261. The molecule has 0 fully saturated rings. The molecule has 0 aliphatic carbocycles. The van der Waals surface area contributed by atoms with E-state index in [9.17, 15) is 18.0 Å². The van der Waals surface area contributed by atoms with Crippen molar-refractivity contribution in [3.8, 4) is 0 Å². The van der Waals surface area contributed by atoms with Gasteiger partial charge in [0.15, 0.2) is 0 Å². The van der Waals surface area contributed by atoms with Crippen LogP contribution in [0.4, 0.5) is 19.0 Å². The summed E-state index contributed by atoms with van der Waals surface area (Å²) >= 11 is 5.57. The maximum absolute atomic E-state index is 12.6. The van der Waals surface area contributed by atoms with Gasteiger partial charge >= 0.3 is 6.18 Å². The second-order valence-electron chi connectivity index (χ2n) is 4.88. The van der Waals surface area contributed by atoms with Crippen LogP contribution in [0.2, 0.25) is 5.15 Å². The monoisotopic (exact) mass is 309 g/mol. The van der Waals surface area contributed by atoms with Crippen LogP contribution in [-0.2, 0) is 11.0 Å². The van der Waals surface area contributed by atoms with Crippen LogP contribution in [0.5, 0.6) is 0 Å². The molecule has 0 aromatic carbocycles. The Morgan fingerprint density at radius 2 is 1.95 bits per heavy atom. The van der Waals surface area contributed by atoms with Gasteiger partial charge in [0.25, 0.3) is 0 Å². The van der Waals surface area contributed by atoms with Gasteiger partial charge in [0.05, 0.1) is 11.0 Å². The van der Waals surface area contributed by atoms with E-state index in [2.05, 4.69) is 15.6 Å². The van der Waals surface area contributed by atoms with Crippen molar-refractivity contribution in [3.05, 3.63) is 22.8 Å². The zero-order valence-electron chi connectivity index (χ0n) is 11.2. The molecule has 1 aromatic heterocycles. The normalized spacial score (nSPS) is 12.2. The molecule has 1 heterocycles. The zero-order chi connectivity index (χ0) is 15.6. The minimum Gasteiger partial charge on any atom is -0.369 e. The number of carbonyl (C=O) groups is 1. The SMILES string of the molecule is CNC(=O)C(C)(C)CNc1cc(C(F)(F)F)cc(Cl)n1. The lowest BCUT2D eigenvalue weighted by atomic mass is 9.92. The number of aromatic nitrogens is 1. The Morgan fingerprint density at radius 3 is 2.45 bits per heavy atom.